The minimum Gasteiger partial charge on any atom is -0.389 e. The molecule has 2 rings (SSSR count). The van der Waals surface area contributed by atoms with Gasteiger partial charge in [-0.3, -0.25) is 4.98 Å². The number of nitrogens with one attached hydrogen (secondary N) is 1. The summed E-state index contributed by atoms with van der Waals surface area (Å²) in [7, 11) is 0. The lowest BCUT2D eigenvalue weighted by molar-refractivity contribution is 0.0795. The Morgan fingerprint density at radius 1 is 1.24 bits per heavy atom. The Bertz CT molecular complexity index is 498. The fourth-order valence-corrected chi connectivity index (χ4v) is 1.81. The van der Waals surface area contributed by atoms with Crippen LogP contribution in [0.2, 0.25) is 0 Å². The van der Waals surface area contributed by atoms with Gasteiger partial charge in [-0.25, -0.2) is 0 Å². The Labute approximate surface area is 102 Å². The van der Waals surface area contributed by atoms with Gasteiger partial charge in [0.1, 0.15) is 0 Å². The maximum absolute atomic E-state index is 9.63. The van der Waals surface area contributed by atoms with Crippen LogP contribution in [0.4, 0.5) is 0 Å². The summed E-state index contributed by atoms with van der Waals surface area (Å²) in [5, 5.41) is 14.0. The first-order valence-corrected chi connectivity index (χ1v) is 5.82. The van der Waals surface area contributed by atoms with Crippen molar-refractivity contribution in [1.29, 1.82) is 0 Å². The van der Waals surface area contributed by atoms with Gasteiger partial charge >= 0.3 is 0 Å². The molecule has 0 atom stereocenters. The number of pyridine rings is 1. The number of fused-ring (bicyclic) bond motifs is 1. The van der Waals surface area contributed by atoms with Crippen LogP contribution in [0.15, 0.2) is 36.5 Å². The normalized spacial score (nSPS) is 11.9. The van der Waals surface area contributed by atoms with Crippen LogP contribution in [-0.2, 0) is 6.54 Å². The Morgan fingerprint density at radius 2 is 2.00 bits per heavy atom. The van der Waals surface area contributed by atoms with Gasteiger partial charge in [-0.1, -0.05) is 24.3 Å². The molecule has 0 saturated carbocycles. The minimum atomic E-state index is -0.683. The minimum absolute atomic E-state index is 0.566. The lowest BCUT2D eigenvalue weighted by Crippen LogP contribution is -2.34. The molecule has 90 valence electrons. The van der Waals surface area contributed by atoms with E-state index in [4.69, 9.17) is 0 Å². The first-order chi connectivity index (χ1) is 8.06. The molecule has 0 radical (unpaired) electrons. The molecule has 0 bridgehead atoms. The molecule has 2 N–H and O–H groups in total. The molecule has 0 aliphatic heterocycles. The van der Waals surface area contributed by atoms with Crippen LogP contribution in [-0.4, -0.2) is 22.2 Å². The van der Waals surface area contributed by atoms with Crippen LogP contribution in [0, 0.1) is 0 Å². The molecular weight excluding hydrogens is 212 g/mol. The maximum atomic E-state index is 9.63. The highest BCUT2D eigenvalue weighted by Gasteiger charge is 2.11. The van der Waals surface area contributed by atoms with Gasteiger partial charge in [0.2, 0.25) is 0 Å². The molecule has 17 heavy (non-hydrogen) atoms. The Balaban J connectivity index is 2.13. The van der Waals surface area contributed by atoms with Crippen LogP contribution in [0.3, 0.4) is 0 Å². The highest BCUT2D eigenvalue weighted by molar-refractivity contribution is 5.81. The molecule has 0 amide bonds. The quantitative estimate of drug-likeness (QED) is 0.845. The number of para-hydroxylation sites is 1. The summed E-state index contributed by atoms with van der Waals surface area (Å²) in [5.41, 5.74) is 1.50. The summed E-state index contributed by atoms with van der Waals surface area (Å²) >= 11 is 0. The van der Waals surface area contributed by atoms with Crippen LogP contribution in [0.5, 0.6) is 0 Å². The maximum Gasteiger partial charge on any atom is 0.0746 e. The lowest BCUT2D eigenvalue weighted by atomic mass is 10.1. The van der Waals surface area contributed by atoms with Crippen LogP contribution in [0.1, 0.15) is 19.4 Å². The predicted octanol–water partition coefficient (Wildman–Crippen LogP) is 2.10. The van der Waals surface area contributed by atoms with E-state index in [2.05, 4.69) is 28.5 Å². The van der Waals surface area contributed by atoms with Gasteiger partial charge < -0.3 is 10.4 Å². The van der Waals surface area contributed by atoms with Gasteiger partial charge in [0, 0.05) is 24.7 Å². The second-order valence-electron chi connectivity index (χ2n) is 4.91. The number of nitrogens with zero attached hydrogens (tertiary/aromatic N) is 1. The first kappa shape index (κ1) is 12.0. The second-order valence-corrected chi connectivity index (χ2v) is 4.91. The Morgan fingerprint density at radius 3 is 2.76 bits per heavy atom. The highest BCUT2D eigenvalue weighted by Crippen LogP contribution is 2.15. The molecule has 1 aromatic carbocycles. The highest BCUT2D eigenvalue weighted by atomic mass is 16.3. The average molecular weight is 230 g/mol. The van der Waals surface area contributed by atoms with Crippen LogP contribution >= 0.6 is 0 Å². The summed E-state index contributed by atoms with van der Waals surface area (Å²) in [6, 6.07) is 10.2. The molecule has 3 nitrogen and oxygen atoms in total. The topological polar surface area (TPSA) is 45.1 Å². The van der Waals surface area contributed by atoms with Crippen molar-refractivity contribution in [3.8, 4) is 0 Å². The standard InChI is InChI=1S/C14H18N2O/c1-14(2,17)10-15-9-12-6-3-5-11-7-4-8-16-13(11)12/h3-8,15,17H,9-10H2,1-2H3. The second kappa shape index (κ2) is 4.82. The van der Waals surface area contributed by atoms with Gasteiger partial charge in [-0.15, -0.1) is 0 Å². The summed E-state index contributed by atoms with van der Waals surface area (Å²) in [5.74, 6) is 0. The van der Waals surface area contributed by atoms with Crippen molar-refractivity contribution in [2.45, 2.75) is 26.0 Å². The third kappa shape index (κ3) is 3.25. The van der Waals surface area contributed by atoms with E-state index in [1.54, 1.807) is 13.8 Å². The van der Waals surface area contributed by atoms with Gasteiger partial charge in [0.25, 0.3) is 0 Å². The largest absolute Gasteiger partial charge is 0.389 e. The van der Waals surface area contributed by atoms with Crippen molar-refractivity contribution in [1.82, 2.24) is 10.3 Å². The van der Waals surface area contributed by atoms with E-state index in [9.17, 15) is 5.11 Å². The number of hydrogen-bond donors (Lipinski definition) is 2. The third-order valence-corrected chi connectivity index (χ3v) is 2.59. The SMILES string of the molecule is CC(C)(O)CNCc1cccc2cccnc12. The first-order valence-electron chi connectivity index (χ1n) is 5.82. The van der Waals surface area contributed by atoms with E-state index >= 15 is 0 Å². The smallest absolute Gasteiger partial charge is 0.0746 e. The van der Waals surface area contributed by atoms with E-state index in [1.165, 1.54) is 0 Å². The fraction of sp³-hybridized carbons (Fsp3) is 0.357. The number of hydrogen-bond acceptors (Lipinski definition) is 3. The van der Waals surface area contributed by atoms with E-state index in [0.29, 0.717) is 6.54 Å². The molecule has 3 heteroatoms. The molecule has 2 aromatic rings. The molecule has 0 aliphatic carbocycles. The predicted molar refractivity (Wildman–Crippen MR) is 69.7 cm³/mol. The monoisotopic (exact) mass is 230 g/mol. The van der Waals surface area contributed by atoms with Crippen molar-refractivity contribution in [2.24, 2.45) is 0 Å². The zero-order valence-corrected chi connectivity index (χ0v) is 10.3. The molecule has 0 spiro atoms. The number of rotatable bonds is 4. The summed E-state index contributed by atoms with van der Waals surface area (Å²) in [6.07, 6.45) is 1.81. The number of aliphatic hydroxyl groups is 1. The van der Waals surface area contributed by atoms with E-state index in [0.717, 1.165) is 23.0 Å². The van der Waals surface area contributed by atoms with Crippen LogP contribution < -0.4 is 5.32 Å². The molecule has 0 saturated heterocycles. The van der Waals surface area contributed by atoms with E-state index < -0.39 is 5.60 Å². The van der Waals surface area contributed by atoms with Crippen molar-refractivity contribution in [3.05, 3.63) is 42.1 Å². The van der Waals surface area contributed by atoms with Gasteiger partial charge in [0.05, 0.1) is 11.1 Å². The van der Waals surface area contributed by atoms with Crippen molar-refractivity contribution >= 4 is 10.9 Å². The summed E-state index contributed by atoms with van der Waals surface area (Å²) in [4.78, 5) is 4.39. The van der Waals surface area contributed by atoms with Gasteiger partial charge in [-0.2, -0.15) is 0 Å². The average Bonchev–Trinajstić information content (AvgIpc) is 2.28. The summed E-state index contributed by atoms with van der Waals surface area (Å²) in [6.45, 7) is 4.87. The van der Waals surface area contributed by atoms with Crippen molar-refractivity contribution in [3.63, 3.8) is 0 Å². The molecule has 0 aliphatic rings. The van der Waals surface area contributed by atoms with E-state index in [1.807, 2.05) is 18.3 Å². The number of benzene rings is 1. The molecule has 0 fully saturated rings. The lowest BCUT2D eigenvalue weighted by Gasteiger charge is -2.17. The molecular formula is C14H18N2O. The zero-order chi connectivity index (χ0) is 12.3. The summed E-state index contributed by atoms with van der Waals surface area (Å²) < 4.78 is 0. The molecule has 1 aromatic heterocycles. The molecule has 0 unspecified atom stereocenters. The van der Waals surface area contributed by atoms with Gasteiger partial charge in [0.15, 0.2) is 0 Å². The van der Waals surface area contributed by atoms with Crippen LogP contribution in [0.25, 0.3) is 10.9 Å². The molecule has 1 heterocycles. The Kier molecular flexibility index (Phi) is 3.41. The zero-order valence-electron chi connectivity index (χ0n) is 10.3. The fourth-order valence-electron chi connectivity index (χ4n) is 1.81. The Hall–Kier alpha value is -1.45. The van der Waals surface area contributed by atoms with Crippen molar-refractivity contribution in [2.75, 3.05) is 6.54 Å². The van der Waals surface area contributed by atoms with E-state index in [-0.39, 0.29) is 0 Å². The van der Waals surface area contributed by atoms with Crippen molar-refractivity contribution < 1.29 is 5.11 Å². The third-order valence-electron chi connectivity index (χ3n) is 2.59. The van der Waals surface area contributed by atoms with Gasteiger partial charge in [-0.05, 0) is 25.5 Å². The number of aromatic nitrogens is 1.